The summed E-state index contributed by atoms with van der Waals surface area (Å²) in [5.41, 5.74) is 0. The number of amides is 3. The van der Waals surface area contributed by atoms with Gasteiger partial charge in [0.1, 0.15) is 6.04 Å². The molecule has 1 aliphatic heterocycles. The Morgan fingerprint density at radius 3 is 2.72 bits per heavy atom. The molecule has 18 heavy (non-hydrogen) atoms. The zero-order chi connectivity index (χ0) is 13.7. The first-order valence-corrected chi connectivity index (χ1v) is 6.76. The van der Waals surface area contributed by atoms with E-state index >= 15 is 0 Å². The zero-order valence-electron chi connectivity index (χ0n) is 11.8. The molecule has 0 unspecified atom stereocenters. The second-order valence-electron chi connectivity index (χ2n) is 5.48. The summed E-state index contributed by atoms with van der Waals surface area (Å²) in [5.74, 6) is 0.565. The Kier molecular flexibility index (Phi) is 5.44. The second-order valence-corrected chi connectivity index (χ2v) is 5.48. The normalized spacial score (nSPS) is 21.7. The van der Waals surface area contributed by atoms with Gasteiger partial charge in [0.2, 0.25) is 5.91 Å². The molecular formula is C13H25N3O2. The Morgan fingerprint density at radius 1 is 1.44 bits per heavy atom. The SMILES string of the molecule is CC(C)CC[C@@H](C)NC(=O)N1CCNC(=O)[C@@H]1C. The van der Waals surface area contributed by atoms with Crippen LogP contribution < -0.4 is 10.6 Å². The molecule has 3 amide bonds. The molecular weight excluding hydrogens is 230 g/mol. The van der Waals surface area contributed by atoms with Crippen LogP contribution in [0.3, 0.4) is 0 Å². The van der Waals surface area contributed by atoms with E-state index in [0.717, 1.165) is 12.8 Å². The third-order valence-electron chi connectivity index (χ3n) is 3.31. The van der Waals surface area contributed by atoms with Gasteiger partial charge in [-0.05, 0) is 32.6 Å². The van der Waals surface area contributed by atoms with E-state index in [1.165, 1.54) is 0 Å². The van der Waals surface area contributed by atoms with Gasteiger partial charge in [-0.15, -0.1) is 0 Å². The van der Waals surface area contributed by atoms with E-state index in [1.807, 2.05) is 6.92 Å². The quantitative estimate of drug-likeness (QED) is 0.796. The first-order valence-electron chi connectivity index (χ1n) is 6.76. The molecule has 1 rings (SSSR count). The van der Waals surface area contributed by atoms with Crippen LogP contribution in [0.25, 0.3) is 0 Å². The van der Waals surface area contributed by atoms with Gasteiger partial charge in [-0.25, -0.2) is 4.79 Å². The number of piperazine rings is 1. The molecule has 2 N–H and O–H groups in total. The molecule has 1 heterocycles. The minimum atomic E-state index is -0.379. The summed E-state index contributed by atoms with van der Waals surface area (Å²) in [6, 6.07) is -0.359. The van der Waals surface area contributed by atoms with Gasteiger partial charge < -0.3 is 15.5 Å². The maximum atomic E-state index is 12.0. The number of carbonyl (C=O) groups is 2. The molecule has 1 saturated heterocycles. The molecule has 2 atom stereocenters. The summed E-state index contributed by atoms with van der Waals surface area (Å²) >= 11 is 0. The molecule has 0 aliphatic carbocycles. The highest BCUT2D eigenvalue weighted by Gasteiger charge is 2.29. The average molecular weight is 255 g/mol. The van der Waals surface area contributed by atoms with Gasteiger partial charge >= 0.3 is 6.03 Å². The third-order valence-corrected chi connectivity index (χ3v) is 3.31. The van der Waals surface area contributed by atoms with Gasteiger partial charge in [0, 0.05) is 19.1 Å². The molecule has 5 nitrogen and oxygen atoms in total. The van der Waals surface area contributed by atoms with Crippen molar-refractivity contribution < 1.29 is 9.59 Å². The van der Waals surface area contributed by atoms with Crippen LogP contribution in [0.2, 0.25) is 0 Å². The highest BCUT2D eigenvalue weighted by molar-refractivity contribution is 5.87. The van der Waals surface area contributed by atoms with Gasteiger partial charge in [-0.2, -0.15) is 0 Å². The summed E-state index contributed by atoms with van der Waals surface area (Å²) in [6.07, 6.45) is 2.06. The molecule has 0 aromatic rings. The van der Waals surface area contributed by atoms with E-state index in [1.54, 1.807) is 11.8 Å². The molecule has 0 spiro atoms. The standard InChI is InChI=1S/C13H25N3O2/c1-9(2)5-6-10(3)15-13(18)16-8-7-14-12(17)11(16)4/h9-11H,5-8H2,1-4H3,(H,14,17)(H,15,18)/t10-,11+/m1/s1. The maximum absolute atomic E-state index is 12.0. The molecule has 0 aromatic carbocycles. The van der Waals surface area contributed by atoms with E-state index in [0.29, 0.717) is 19.0 Å². The van der Waals surface area contributed by atoms with E-state index in [4.69, 9.17) is 0 Å². The lowest BCUT2D eigenvalue weighted by molar-refractivity contribution is -0.126. The van der Waals surface area contributed by atoms with Crippen molar-refractivity contribution in [2.75, 3.05) is 13.1 Å². The summed E-state index contributed by atoms with van der Waals surface area (Å²) < 4.78 is 0. The van der Waals surface area contributed by atoms with E-state index in [-0.39, 0.29) is 24.0 Å². The van der Waals surface area contributed by atoms with Gasteiger partial charge in [0.05, 0.1) is 0 Å². The van der Waals surface area contributed by atoms with Gasteiger partial charge in [-0.1, -0.05) is 13.8 Å². The summed E-state index contributed by atoms with van der Waals surface area (Å²) in [5, 5.41) is 5.71. The highest BCUT2D eigenvalue weighted by Crippen LogP contribution is 2.08. The van der Waals surface area contributed by atoms with E-state index in [2.05, 4.69) is 24.5 Å². The van der Waals surface area contributed by atoms with Gasteiger partial charge in [0.15, 0.2) is 0 Å². The van der Waals surface area contributed by atoms with Crippen molar-refractivity contribution in [3.05, 3.63) is 0 Å². The summed E-state index contributed by atoms with van der Waals surface area (Å²) in [6.45, 7) is 9.23. The van der Waals surface area contributed by atoms with Crippen LogP contribution in [-0.4, -0.2) is 42.0 Å². The third kappa shape index (κ3) is 4.20. The Hall–Kier alpha value is -1.26. The first-order chi connectivity index (χ1) is 8.41. The number of nitrogens with one attached hydrogen (secondary N) is 2. The average Bonchev–Trinajstić information content (AvgIpc) is 2.30. The zero-order valence-corrected chi connectivity index (χ0v) is 11.8. The van der Waals surface area contributed by atoms with Crippen molar-refractivity contribution in [1.29, 1.82) is 0 Å². The lowest BCUT2D eigenvalue weighted by Crippen LogP contribution is -2.59. The van der Waals surface area contributed by atoms with Crippen molar-refractivity contribution in [3.8, 4) is 0 Å². The van der Waals surface area contributed by atoms with Crippen molar-refractivity contribution in [2.24, 2.45) is 5.92 Å². The second kappa shape index (κ2) is 6.61. The molecule has 0 radical (unpaired) electrons. The van der Waals surface area contributed by atoms with E-state index < -0.39 is 0 Å². The first kappa shape index (κ1) is 14.8. The van der Waals surface area contributed by atoms with Crippen LogP contribution in [-0.2, 0) is 4.79 Å². The molecule has 1 fully saturated rings. The topological polar surface area (TPSA) is 61.4 Å². The van der Waals surface area contributed by atoms with Crippen LogP contribution in [0.1, 0.15) is 40.5 Å². The van der Waals surface area contributed by atoms with Crippen LogP contribution in [0.4, 0.5) is 4.79 Å². The minimum Gasteiger partial charge on any atom is -0.353 e. The number of rotatable bonds is 4. The smallest absolute Gasteiger partial charge is 0.318 e. The number of carbonyl (C=O) groups excluding carboxylic acids is 2. The lowest BCUT2D eigenvalue weighted by Gasteiger charge is -2.33. The monoisotopic (exact) mass is 255 g/mol. The Balaban J connectivity index is 2.41. The van der Waals surface area contributed by atoms with Crippen LogP contribution >= 0.6 is 0 Å². The Labute approximate surface area is 109 Å². The van der Waals surface area contributed by atoms with Crippen LogP contribution in [0, 0.1) is 5.92 Å². The molecule has 0 aromatic heterocycles. The fraction of sp³-hybridized carbons (Fsp3) is 0.846. The number of hydrogen-bond acceptors (Lipinski definition) is 2. The Bertz CT molecular complexity index is 305. The molecule has 104 valence electrons. The molecule has 0 saturated carbocycles. The predicted octanol–water partition coefficient (Wildman–Crippen LogP) is 1.34. The fourth-order valence-corrected chi connectivity index (χ4v) is 2.01. The van der Waals surface area contributed by atoms with Crippen molar-refractivity contribution in [3.63, 3.8) is 0 Å². The fourth-order valence-electron chi connectivity index (χ4n) is 2.01. The van der Waals surface area contributed by atoms with Gasteiger partial charge in [0.25, 0.3) is 0 Å². The summed E-state index contributed by atoms with van der Waals surface area (Å²) in [7, 11) is 0. The van der Waals surface area contributed by atoms with Crippen molar-refractivity contribution >= 4 is 11.9 Å². The minimum absolute atomic E-state index is 0.0776. The van der Waals surface area contributed by atoms with Crippen LogP contribution in [0.5, 0.6) is 0 Å². The lowest BCUT2D eigenvalue weighted by atomic mass is 10.0. The largest absolute Gasteiger partial charge is 0.353 e. The maximum Gasteiger partial charge on any atom is 0.318 e. The molecule has 5 heteroatoms. The molecule has 1 aliphatic rings. The van der Waals surface area contributed by atoms with Crippen molar-refractivity contribution in [2.45, 2.75) is 52.6 Å². The van der Waals surface area contributed by atoms with Crippen molar-refractivity contribution in [1.82, 2.24) is 15.5 Å². The Morgan fingerprint density at radius 2 is 2.11 bits per heavy atom. The summed E-state index contributed by atoms with van der Waals surface area (Å²) in [4.78, 5) is 25.1. The highest BCUT2D eigenvalue weighted by atomic mass is 16.2. The van der Waals surface area contributed by atoms with Crippen LogP contribution in [0.15, 0.2) is 0 Å². The number of hydrogen-bond donors (Lipinski definition) is 2. The van der Waals surface area contributed by atoms with Gasteiger partial charge in [-0.3, -0.25) is 4.79 Å². The predicted molar refractivity (Wildman–Crippen MR) is 71.2 cm³/mol. The molecule has 0 bridgehead atoms. The van der Waals surface area contributed by atoms with E-state index in [9.17, 15) is 9.59 Å². The number of nitrogens with zero attached hydrogens (tertiary/aromatic N) is 1. The number of urea groups is 1.